The predicted octanol–water partition coefficient (Wildman–Crippen LogP) is 3.16. The fourth-order valence-corrected chi connectivity index (χ4v) is 6.17. The van der Waals surface area contributed by atoms with Crippen molar-refractivity contribution >= 4 is 10.0 Å². The molecule has 0 saturated carbocycles. The van der Waals surface area contributed by atoms with Crippen molar-refractivity contribution in [2.45, 2.75) is 30.7 Å². The van der Waals surface area contributed by atoms with Gasteiger partial charge in [0.05, 0.1) is 19.1 Å². The lowest BCUT2D eigenvalue weighted by molar-refractivity contribution is 0.167. The summed E-state index contributed by atoms with van der Waals surface area (Å²) in [4.78, 5) is 2.83. The zero-order chi connectivity index (χ0) is 21.1. The average molecular weight is 431 g/mol. The average Bonchev–Trinajstić information content (AvgIpc) is 2.78. The molecule has 2 aromatic rings. The summed E-state index contributed by atoms with van der Waals surface area (Å²) in [6.45, 7) is 3.94. The van der Waals surface area contributed by atoms with Gasteiger partial charge >= 0.3 is 0 Å². The van der Waals surface area contributed by atoms with Gasteiger partial charge in [0.2, 0.25) is 10.0 Å². The molecule has 2 aromatic carbocycles. The smallest absolute Gasteiger partial charge is 0.243 e. The van der Waals surface area contributed by atoms with Gasteiger partial charge in [-0.15, -0.1) is 0 Å². The van der Waals surface area contributed by atoms with Crippen molar-refractivity contribution in [2.75, 3.05) is 40.4 Å². The molecule has 2 heterocycles. The maximum absolute atomic E-state index is 13.0. The molecule has 0 amide bonds. The highest BCUT2D eigenvalue weighted by molar-refractivity contribution is 7.89. The molecule has 1 unspecified atom stereocenters. The first-order chi connectivity index (χ1) is 14.5. The Kier molecular flexibility index (Phi) is 6.32. The van der Waals surface area contributed by atoms with E-state index in [1.165, 1.54) is 11.1 Å². The van der Waals surface area contributed by atoms with E-state index >= 15 is 0 Å². The summed E-state index contributed by atoms with van der Waals surface area (Å²) in [6.07, 6.45) is 2.94. The van der Waals surface area contributed by atoms with Crippen molar-refractivity contribution in [2.24, 2.45) is 5.92 Å². The quantitative estimate of drug-likeness (QED) is 0.705. The summed E-state index contributed by atoms with van der Waals surface area (Å²) in [5, 5.41) is 0. The highest BCUT2D eigenvalue weighted by Gasteiger charge is 2.31. The molecule has 0 N–H and O–H groups in total. The zero-order valence-electron chi connectivity index (χ0n) is 17.7. The van der Waals surface area contributed by atoms with E-state index in [4.69, 9.17) is 9.47 Å². The number of ether oxygens (including phenoxy) is 2. The van der Waals surface area contributed by atoms with Gasteiger partial charge in [0.25, 0.3) is 0 Å². The third kappa shape index (κ3) is 4.33. The minimum atomic E-state index is -3.42. The standard InChI is InChI=1S/C23H30N2O4S/c1-28-22-13-19-10-12-24(17-20(19)14-23(22)29-2)15-18-7-6-11-25(16-18)30(26,27)21-8-4-3-5-9-21/h3-5,8-9,13-14,18H,6-7,10-12,15-17H2,1-2H3. The van der Waals surface area contributed by atoms with Crippen LogP contribution in [0.15, 0.2) is 47.4 Å². The van der Waals surface area contributed by atoms with Gasteiger partial charge in [0.1, 0.15) is 0 Å². The third-order valence-corrected chi connectivity index (χ3v) is 8.06. The fourth-order valence-electron chi connectivity index (χ4n) is 4.60. The number of fused-ring (bicyclic) bond motifs is 1. The summed E-state index contributed by atoms with van der Waals surface area (Å²) in [6, 6.07) is 12.9. The Hall–Kier alpha value is -2.09. The van der Waals surface area contributed by atoms with Crippen LogP contribution in [0.3, 0.4) is 0 Å². The molecule has 162 valence electrons. The van der Waals surface area contributed by atoms with Crippen molar-refractivity contribution in [1.29, 1.82) is 0 Å². The van der Waals surface area contributed by atoms with E-state index in [1.807, 2.05) is 6.07 Å². The van der Waals surface area contributed by atoms with Crippen LogP contribution in [0.5, 0.6) is 11.5 Å². The van der Waals surface area contributed by atoms with Gasteiger partial charge in [0, 0.05) is 32.7 Å². The molecule has 1 fully saturated rings. The molecule has 7 heteroatoms. The maximum Gasteiger partial charge on any atom is 0.243 e. The van der Waals surface area contributed by atoms with Crippen LogP contribution in [0.1, 0.15) is 24.0 Å². The molecule has 6 nitrogen and oxygen atoms in total. The molecule has 0 spiro atoms. The SMILES string of the molecule is COc1cc2c(cc1OC)CN(CC1CCCN(S(=O)(=O)c3ccccc3)C1)CC2. The monoisotopic (exact) mass is 430 g/mol. The maximum atomic E-state index is 13.0. The largest absolute Gasteiger partial charge is 0.493 e. The van der Waals surface area contributed by atoms with Crippen molar-refractivity contribution in [3.63, 3.8) is 0 Å². The van der Waals surface area contributed by atoms with E-state index in [9.17, 15) is 8.42 Å². The summed E-state index contributed by atoms with van der Waals surface area (Å²) in [5.74, 6) is 1.88. The third-order valence-electron chi connectivity index (χ3n) is 6.18. The Bertz CT molecular complexity index is 978. The molecule has 0 aromatic heterocycles. The van der Waals surface area contributed by atoms with Crippen molar-refractivity contribution in [1.82, 2.24) is 9.21 Å². The Morgan fingerprint density at radius 2 is 1.70 bits per heavy atom. The fraction of sp³-hybridized carbons (Fsp3) is 0.478. The van der Waals surface area contributed by atoms with Gasteiger partial charge in [-0.2, -0.15) is 4.31 Å². The number of sulfonamides is 1. The minimum Gasteiger partial charge on any atom is -0.493 e. The zero-order valence-corrected chi connectivity index (χ0v) is 18.5. The lowest BCUT2D eigenvalue weighted by Gasteiger charge is -2.37. The van der Waals surface area contributed by atoms with Crippen molar-refractivity contribution in [3.05, 3.63) is 53.6 Å². The van der Waals surface area contributed by atoms with Gasteiger partial charge in [-0.05, 0) is 60.6 Å². The number of methoxy groups -OCH3 is 2. The first-order valence-corrected chi connectivity index (χ1v) is 12.0. The summed E-state index contributed by atoms with van der Waals surface area (Å²) in [5.41, 5.74) is 2.57. The van der Waals surface area contributed by atoms with E-state index in [1.54, 1.807) is 42.8 Å². The second-order valence-electron chi connectivity index (χ2n) is 8.15. The highest BCUT2D eigenvalue weighted by Crippen LogP contribution is 2.34. The van der Waals surface area contributed by atoms with Crippen LogP contribution in [0.2, 0.25) is 0 Å². The van der Waals surface area contributed by atoms with Gasteiger partial charge in [-0.1, -0.05) is 18.2 Å². The first-order valence-electron chi connectivity index (χ1n) is 10.5. The highest BCUT2D eigenvalue weighted by atomic mass is 32.2. The minimum absolute atomic E-state index is 0.346. The van der Waals surface area contributed by atoms with E-state index < -0.39 is 10.0 Å². The Morgan fingerprint density at radius 1 is 1.00 bits per heavy atom. The number of hydrogen-bond acceptors (Lipinski definition) is 5. The Balaban J connectivity index is 1.43. The predicted molar refractivity (Wildman–Crippen MR) is 116 cm³/mol. The van der Waals surface area contributed by atoms with Crippen LogP contribution >= 0.6 is 0 Å². The molecule has 0 aliphatic carbocycles. The Morgan fingerprint density at radius 3 is 2.40 bits per heavy atom. The summed E-state index contributed by atoms with van der Waals surface area (Å²) >= 11 is 0. The Labute approximate surface area is 179 Å². The van der Waals surface area contributed by atoms with Gasteiger partial charge in [-0.25, -0.2) is 8.42 Å². The van der Waals surface area contributed by atoms with E-state index in [-0.39, 0.29) is 0 Å². The van der Waals surface area contributed by atoms with Crippen LogP contribution in [0, 0.1) is 5.92 Å². The van der Waals surface area contributed by atoms with Gasteiger partial charge in [0.15, 0.2) is 11.5 Å². The van der Waals surface area contributed by atoms with Crippen molar-refractivity contribution < 1.29 is 17.9 Å². The molecule has 0 radical (unpaired) electrons. The summed E-state index contributed by atoms with van der Waals surface area (Å²) in [7, 11) is -0.0910. The summed E-state index contributed by atoms with van der Waals surface area (Å²) < 4.78 is 38.6. The van der Waals surface area contributed by atoms with Crippen LogP contribution in [0.25, 0.3) is 0 Å². The number of nitrogens with zero attached hydrogens (tertiary/aromatic N) is 2. The van der Waals surface area contributed by atoms with Crippen LogP contribution in [-0.4, -0.2) is 58.0 Å². The van der Waals surface area contributed by atoms with Crippen molar-refractivity contribution in [3.8, 4) is 11.5 Å². The molecule has 1 atom stereocenters. The molecule has 1 saturated heterocycles. The van der Waals surface area contributed by atoms with Gasteiger partial charge < -0.3 is 9.47 Å². The molecular formula is C23H30N2O4S. The molecule has 2 aliphatic heterocycles. The van der Waals surface area contributed by atoms with E-state index in [0.29, 0.717) is 23.9 Å². The second-order valence-corrected chi connectivity index (χ2v) is 10.1. The topological polar surface area (TPSA) is 59.1 Å². The molecule has 4 rings (SSSR count). The lowest BCUT2D eigenvalue weighted by atomic mass is 9.95. The van der Waals surface area contributed by atoms with E-state index in [2.05, 4.69) is 17.0 Å². The number of piperidine rings is 1. The van der Waals surface area contributed by atoms with Gasteiger partial charge in [-0.3, -0.25) is 4.90 Å². The number of hydrogen-bond donors (Lipinski definition) is 0. The van der Waals surface area contributed by atoms with Crippen LogP contribution in [0.4, 0.5) is 0 Å². The molecule has 0 bridgehead atoms. The van der Waals surface area contributed by atoms with E-state index in [0.717, 1.165) is 50.4 Å². The molecule has 2 aliphatic rings. The number of rotatable bonds is 6. The van der Waals surface area contributed by atoms with Crippen LogP contribution < -0.4 is 9.47 Å². The molecular weight excluding hydrogens is 400 g/mol. The normalized spacial score (nSPS) is 20.5. The lowest BCUT2D eigenvalue weighted by Crippen LogP contribution is -2.44. The number of benzene rings is 2. The van der Waals surface area contributed by atoms with Crippen LogP contribution in [-0.2, 0) is 23.0 Å². The molecule has 30 heavy (non-hydrogen) atoms. The first kappa shape index (κ1) is 21.2. The second kappa shape index (κ2) is 8.96.